The Bertz CT molecular complexity index is 685. The van der Waals surface area contributed by atoms with Crippen LogP contribution in [0.1, 0.15) is 5.56 Å². The molecule has 0 radical (unpaired) electrons. The van der Waals surface area contributed by atoms with Gasteiger partial charge in [-0.2, -0.15) is 5.26 Å². The van der Waals surface area contributed by atoms with Gasteiger partial charge in [0.25, 0.3) is 5.56 Å². The van der Waals surface area contributed by atoms with E-state index in [1.54, 1.807) is 13.1 Å². The Labute approximate surface area is 105 Å². The fourth-order valence-electron chi connectivity index (χ4n) is 1.63. The van der Waals surface area contributed by atoms with Crippen molar-refractivity contribution in [2.24, 2.45) is 7.05 Å². The van der Waals surface area contributed by atoms with Gasteiger partial charge in [0.05, 0.1) is 10.5 Å². The molecule has 0 amide bonds. The van der Waals surface area contributed by atoms with E-state index in [4.69, 9.17) is 16.9 Å². The van der Waals surface area contributed by atoms with Crippen molar-refractivity contribution in [3.63, 3.8) is 0 Å². The molecule has 0 bridgehead atoms. The third-order valence-corrected chi connectivity index (χ3v) is 3.44. The second-order valence-corrected chi connectivity index (χ2v) is 4.53. The van der Waals surface area contributed by atoms with E-state index < -0.39 is 0 Å². The highest BCUT2D eigenvalue weighted by Crippen LogP contribution is 2.29. The molecule has 5 heteroatoms. The van der Waals surface area contributed by atoms with Gasteiger partial charge in [-0.05, 0) is 22.0 Å². The van der Waals surface area contributed by atoms with Crippen LogP contribution in [0.5, 0.6) is 0 Å². The first-order valence-electron chi connectivity index (χ1n) is 4.44. The van der Waals surface area contributed by atoms with E-state index in [9.17, 15) is 4.79 Å². The van der Waals surface area contributed by atoms with Gasteiger partial charge in [0.1, 0.15) is 11.6 Å². The molecule has 0 saturated carbocycles. The van der Waals surface area contributed by atoms with Gasteiger partial charge in [-0.15, -0.1) is 0 Å². The number of nitriles is 1. The van der Waals surface area contributed by atoms with Crippen molar-refractivity contribution in [2.45, 2.75) is 0 Å². The predicted molar refractivity (Wildman–Crippen MR) is 66.6 cm³/mol. The number of nitrogens with zero attached hydrogens (tertiary/aromatic N) is 2. The molecular weight excluding hydrogens is 291 g/mol. The van der Waals surface area contributed by atoms with E-state index in [0.29, 0.717) is 10.9 Å². The van der Waals surface area contributed by atoms with Gasteiger partial charge < -0.3 is 4.57 Å². The van der Waals surface area contributed by atoms with Crippen LogP contribution in [0.15, 0.2) is 27.5 Å². The number of hydrogen-bond donors (Lipinski definition) is 0. The van der Waals surface area contributed by atoms with E-state index in [1.165, 1.54) is 4.57 Å². The Kier molecular flexibility index (Phi) is 2.75. The van der Waals surface area contributed by atoms with E-state index >= 15 is 0 Å². The number of rotatable bonds is 0. The number of hydrogen-bond acceptors (Lipinski definition) is 2. The van der Waals surface area contributed by atoms with Crippen LogP contribution in [0.25, 0.3) is 10.9 Å². The molecule has 0 aliphatic carbocycles. The molecular formula is C11H6BrClN2O. The topological polar surface area (TPSA) is 45.8 Å². The van der Waals surface area contributed by atoms with Crippen LogP contribution in [0, 0.1) is 11.3 Å². The highest BCUT2D eigenvalue weighted by molar-refractivity contribution is 9.10. The molecule has 80 valence electrons. The first-order valence-corrected chi connectivity index (χ1v) is 5.62. The van der Waals surface area contributed by atoms with Crippen LogP contribution in [0.3, 0.4) is 0 Å². The molecule has 0 aliphatic heterocycles. The van der Waals surface area contributed by atoms with Crippen molar-refractivity contribution >= 4 is 38.4 Å². The Morgan fingerprint density at radius 3 is 2.81 bits per heavy atom. The summed E-state index contributed by atoms with van der Waals surface area (Å²) in [5.41, 5.74) is 0.290. The molecule has 0 spiro atoms. The summed E-state index contributed by atoms with van der Waals surface area (Å²) in [7, 11) is 1.62. The third-order valence-electron chi connectivity index (χ3n) is 2.41. The van der Waals surface area contributed by atoms with Gasteiger partial charge in [-0.1, -0.05) is 23.7 Å². The van der Waals surface area contributed by atoms with E-state index in [2.05, 4.69) is 15.9 Å². The summed E-state index contributed by atoms with van der Waals surface area (Å²) in [5, 5.41) is 9.79. The standard InChI is InChI=1S/C11H6BrClN2O/c1-15-10-6(3-2-4-8(10)12)9(13)7(5-14)11(15)16/h2-4H,1H3. The maximum atomic E-state index is 11.8. The Hall–Kier alpha value is -1.31. The maximum Gasteiger partial charge on any atom is 0.270 e. The van der Waals surface area contributed by atoms with Crippen LogP contribution in [0.2, 0.25) is 5.02 Å². The highest BCUT2D eigenvalue weighted by atomic mass is 79.9. The Morgan fingerprint density at radius 1 is 1.50 bits per heavy atom. The predicted octanol–water partition coefficient (Wildman–Crippen LogP) is 2.83. The first-order chi connectivity index (χ1) is 7.57. The molecule has 16 heavy (non-hydrogen) atoms. The summed E-state index contributed by atoms with van der Waals surface area (Å²) < 4.78 is 2.19. The van der Waals surface area contributed by atoms with Gasteiger partial charge in [0, 0.05) is 16.9 Å². The minimum atomic E-state index is -0.383. The second kappa shape index (κ2) is 3.93. The minimum Gasteiger partial charge on any atom is -0.309 e. The second-order valence-electron chi connectivity index (χ2n) is 3.30. The fourth-order valence-corrected chi connectivity index (χ4v) is 2.54. The zero-order valence-electron chi connectivity index (χ0n) is 8.29. The summed E-state index contributed by atoms with van der Waals surface area (Å²) in [4.78, 5) is 11.8. The molecule has 0 N–H and O–H groups in total. The Morgan fingerprint density at radius 2 is 2.19 bits per heavy atom. The van der Waals surface area contributed by atoms with E-state index in [1.807, 2.05) is 18.2 Å². The zero-order chi connectivity index (χ0) is 11.9. The monoisotopic (exact) mass is 296 g/mol. The SMILES string of the molecule is Cn1c(=O)c(C#N)c(Cl)c2cccc(Br)c21. The molecule has 0 saturated heterocycles. The number of pyridine rings is 1. The molecule has 3 nitrogen and oxygen atoms in total. The molecule has 2 aromatic rings. The first kappa shape index (κ1) is 11.2. The molecule has 1 aromatic carbocycles. The maximum absolute atomic E-state index is 11.8. The lowest BCUT2D eigenvalue weighted by atomic mass is 10.1. The van der Waals surface area contributed by atoms with Gasteiger partial charge >= 0.3 is 0 Å². The van der Waals surface area contributed by atoms with Crippen LogP contribution >= 0.6 is 27.5 Å². The number of benzene rings is 1. The Balaban J connectivity index is 3.16. The number of halogens is 2. The third kappa shape index (κ3) is 1.44. The molecule has 0 atom stereocenters. The molecule has 1 heterocycles. The lowest BCUT2D eigenvalue weighted by Crippen LogP contribution is -2.20. The minimum absolute atomic E-state index is 0.0187. The van der Waals surface area contributed by atoms with Crippen molar-refractivity contribution < 1.29 is 0 Å². The van der Waals surface area contributed by atoms with Crippen molar-refractivity contribution in [3.05, 3.63) is 43.6 Å². The summed E-state index contributed by atoms with van der Waals surface area (Å²) in [6.45, 7) is 0. The van der Waals surface area contributed by atoms with Crippen molar-refractivity contribution in [2.75, 3.05) is 0 Å². The molecule has 0 aliphatic rings. The average Bonchev–Trinajstić information content (AvgIpc) is 2.27. The molecule has 0 fully saturated rings. The average molecular weight is 298 g/mol. The lowest BCUT2D eigenvalue weighted by molar-refractivity contribution is 0.899. The molecule has 1 aromatic heterocycles. The molecule has 2 rings (SSSR count). The number of aryl methyl sites for hydroxylation is 1. The quantitative estimate of drug-likeness (QED) is 0.750. The van der Waals surface area contributed by atoms with Crippen molar-refractivity contribution in [3.8, 4) is 6.07 Å². The largest absolute Gasteiger partial charge is 0.309 e. The summed E-state index contributed by atoms with van der Waals surface area (Å²) in [6, 6.07) is 7.25. The molecule has 0 unspecified atom stereocenters. The highest BCUT2D eigenvalue weighted by Gasteiger charge is 2.14. The van der Waals surface area contributed by atoms with Gasteiger partial charge in [-0.25, -0.2) is 0 Å². The van der Waals surface area contributed by atoms with Crippen LogP contribution in [-0.4, -0.2) is 4.57 Å². The normalized spacial score (nSPS) is 10.4. The van der Waals surface area contributed by atoms with E-state index in [0.717, 1.165) is 4.47 Å². The smallest absolute Gasteiger partial charge is 0.270 e. The van der Waals surface area contributed by atoms with E-state index in [-0.39, 0.29) is 16.1 Å². The lowest BCUT2D eigenvalue weighted by Gasteiger charge is -2.09. The number of aromatic nitrogens is 1. The van der Waals surface area contributed by atoms with Crippen LogP contribution in [0.4, 0.5) is 0 Å². The van der Waals surface area contributed by atoms with Crippen LogP contribution in [-0.2, 0) is 7.05 Å². The van der Waals surface area contributed by atoms with Crippen molar-refractivity contribution in [1.82, 2.24) is 4.57 Å². The summed E-state index contributed by atoms with van der Waals surface area (Å²) in [5.74, 6) is 0. The summed E-state index contributed by atoms with van der Waals surface area (Å²) in [6.07, 6.45) is 0. The van der Waals surface area contributed by atoms with Gasteiger partial charge in [0.15, 0.2) is 0 Å². The van der Waals surface area contributed by atoms with Gasteiger partial charge in [0.2, 0.25) is 0 Å². The van der Waals surface area contributed by atoms with Crippen LogP contribution < -0.4 is 5.56 Å². The number of fused-ring (bicyclic) bond motifs is 1. The summed E-state index contributed by atoms with van der Waals surface area (Å²) >= 11 is 9.40. The van der Waals surface area contributed by atoms with Crippen molar-refractivity contribution in [1.29, 1.82) is 5.26 Å². The van der Waals surface area contributed by atoms with Gasteiger partial charge in [-0.3, -0.25) is 4.79 Å². The fraction of sp³-hybridized carbons (Fsp3) is 0.0909. The number of para-hydroxylation sites is 1. The zero-order valence-corrected chi connectivity index (χ0v) is 10.6.